The molecule has 1 atom stereocenters. The van der Waals surface area contributed by atoms with Crippen LogP contribution >= 0.6 is 11.6 Å². The second-order valence-electron chi connectivity index (χ2n) is 3.93. The molecule has 94 valence electrons. The van der Waals surface area contributed by atoms with E-state index in [1.165, 1.54) is 6.07 Å². The van der Waals surface area contributed by atoms with Crippen molar-refractivity contribution in [3.8, 4) is 0 Å². The summed E-state index contributed by atoms with van der Waals surface area (Å²) in [6.07, 6.45) is -0.679. The molecular formula is C14H13ClFNO. The molecule has 18 heavy (non-hydrogen) atoms. The van der Waals surface area contributed by atoms with E-state index in [-0.39, 0.29) is 6.54 Å². The molecule has 1 unspecified atom stereocenters. The summed E-state index contributed by atoms with van der Waals surface area (Å²) >= 11 is 5.66. The Kier molecular flexibility index (Phi) is 4.18. The van der Waals surface area contributed by atoms with Gasteiger partial charge in [0.1, 0.15) is 5.82 Å². The Balaban J connectivity index is 1.99. The van der Waals surface area contributed by atoms with Gasteiger partial charge in [0.25, 0.3) is 0 Å². The number of aliphatic hydroxyl groups excluding tert-OH is 1. The average molecular weight is 266 g/mol. The van der Waals surface area contributed by atoms with Gasteiger partial charge in [-0.3, -0.25) is 0 Å². The third-order valence-electron chi connectivity index (χ3n) is 2.60. The first-order chi connectivity index (χ1) is 8.66. The van der Waals surface area contributed by atoms with E-state index in [0.29, 0.717) is 10.7 Å². The average Bonchev–Trinajstić information content (AvgIpc) is 2.38. The van der Waals surface area contributed by atoms with Gasteiger partial charge in [0, 0.05) is 11.6 Å². The molecule has 0 amide bonds. The van der Waals surface area contributed by atoms with Gasteiger partial charge >= 0.3 is 0 Å². The summed E-state index contributed by atoms with van der Waals surface area (Å²) in [5.41, 5.74) is 1.12. The summed E-state index contributed by atoms with van der Waals surface area (Å²) in [6, 6.07) is 13.6. The zero-order valence-corrected chi connectivity index (χ0v) is 10.4. The van der Waals surface area contributed by atoms with Gasteiger partial charge in [0.05, 0.1) is 11.8 Å². The van der Waals surface area contributed by atoms with Gasteiger partial charge in [-0.05, 0) is 23.8 Å². The van der Waals surface area contributed by atoms with Crippen molar-refractivity contribution < 1.29 is 9.50 Å². The van der Waals surface area contributed by atoms with Crippen LogP contribution < -0.4 is 5.32 Å². The largest absolute Gasteiger partial charge is 0.387 e. The summed E-state index contributed by atoms with van der Waals surface area (Å²) in [7, 11) is 0. The third kappa shape index (κ3) is 3.22. The maximum absolute atomic E-state index is 13.5. The molecule has 0 aromatic heterocycles. The number of nitrogens with one attached hydrogen (secondary N) is 1. The predicted molar refractivity (Wildman–Crippen MR) is 71.3 cm³/mol. The fraction of sp³-hybridized carbons (Fsp3) is 0.143. The predicted octanol–water partition coefficient (Wildman–Crippen LogP) is 3.62. The smallest absolute Gasteiger partial charge is 0.147 e. The summed E-state index contributed by atoms with van der Waals surface area (Å²) in [5, 5.41) is 13.1. The zero-order valence-electron chi connectivity index (χ0n) is 9.61. The first-order valence-electron chi connectivity index (χ1n) is 5.59. The lowest BCUT2D eigenvalue weighted by Gasteiger charge is -2.13. The molecule has 2 aromatic carbocycles. The van der Waals surface area contributed by atoms with E-state index in [2.05, 4.69) is 5.32 Å². The first kappa shape index (κ1) is 12.9. The van der Waals surface area contributed by atoms with E-state index in [1.807, 2.05) is 30.3 Å². The number of aliphatic hydroxyl groups is 1. The van der Waals surface area contributed by atoms with Crippen molar-refractivity contribution in [1.29, 1.82) is 0 Å². The van der Waals surface area contributed by atoms with E-state index < -0.39 is 11.9 Å². The zero-order chi connectivity index (χ0) is 13.0. The molecule has 0 fully saturated rings. The Morgan fingerprint density at radius 3 is 2.56 bits per heavy atom. The lowest BCUT2D eigenvalue weighted by molar-refractivity contribution is 0.191. The van der Waals surface area contributed by atoms with E-state index in [1.54, 1.807) is 12.1 Å². The van der Waals surface area contributed by atoms with Crippen LogP contribution in [0.2, 0.25) is 5.02 Å². The SMILES string of the molecule is OC(CNc1ccc(Cl)cc1F)c1ccccc1. The Bertz CT molecular complexity index is 518. The molecule has 0 bridgehead atoms. The molecule has 0 aliphatic heterocycles. The molecular weight excluding hydrogens is 253 g/mol. The number of hydrogen-bond donors (Lipinski definition) is 2. The van der Waals surface area contributed by atoms with E-state index in [0.717, 1.165) is 5.56 Å². The summed E-state index contributed by atoms with van der Waals surface area (Å²) in [5.74, 6) is -0.428. The molecule has 0 aliphatic carbocycles. The standard InChI is InChI=1S/C14H13ClFNO/c15-11-6-7-13(12(16)8-11)17-9-14(18)10-4-2-1-3-5-10/h1-8,14,17-18H,9H2. The van der Waals surface area contributed by atoms with E-state index in [4.69, 9.17) is 11.6 Å². The van der Waals surface area contributed by atoms with Gasteiger partial charge in [-0.15, -0.1) is 0 Å². The Hall–Kier alpha value is -1.58. The quantitative estimate of drug-likeness (QED) is 0.885. The van der Waals surface area contributed by atoms with Crippen LogP contribution in [0.4, 0.5) is 10.1 Å². The van der Waals surface area contributed by atoms with Crippen molar-refractivity contribution in [1.82, 2.24) is 0 Å². The van der Waals surface area contributed by atoms with Gasteiger partial charge in [-0.1, -0.05) is 41.9 Å². The second kappa shape index (κ2) is 5.85. The number of rotatable bonds is 4. The molecule has 4 heteroatoms. The molecule has 0 radical (unpaired) electrons. The van der Waals surface area contributed by atoms with Crippen molar-refractivity contribution in [2.24, 2.45) is 0 Å². The maximum atomic E-state index is 13.5. The van der Waals surface area contributed by atoms with Crippen LogP contribution in [0.5, 0.6) is 0 Å². The minimum absolute atomic E-state index is 0.239. The molecule has 0 heterocycles. The monoisotopic (exact) mass is 265 g/mol. The van der Waals surface area contributed by atoms with E-state index in [9.17, 15) is 9.50 Å². The Morgan fingerprint density at radius 2 is 1.89 bits per heavy atom. The molecule has 2 nitrogen and oxygen atoms in total. The number of hydrogen-bond acceptors (Lipinski definition) is 2. The Morgan fingerprint density at radius 1 is 1.17 bits per heavy atom. The maximum Gasteiger partial charge on any atom is 0.147 e. The molecule has 0 saturated carbocycles. The molecule has 2 rings (SSSR count). The van der Waals surface area contributed by atoms with Gasteiger partial charge in [-0.25, -0.2) is 4.39 Å². The van der Waals surface area contributed by atoms with E-state index >= 15 is 0 Å². The van der Waals surface area contributed by atoms with Gasteiger partial charge in [0.2, 0.25) is 0 Å². The second-order valence-corrected chi connectivity index (χ2v) is 4.37. The highest BCUT2D eigenvalue weighted by atomic mass is 35.5. The molecule has 0 saturated heterocycles. The topological polar surface area (TPSA) is 32.3 Å². The van der Waals surface area contributed by atoms with Gasteiger partial charge in [0.15, 0.2) is 0 Å². The van der Waals surface area contributed by atoms with Gasteiger partial charge in [-0.2, -0.15) is 0 Å². The lowest BCUT2D eigenvalue weighted by Crippen LogP contribution is -2.12. The van der Waals surface area contributed by atoms with Crippen molar-refractivity contribution in [3.05, 3.63) is 64.9 Å². The van der Waals surface area contributed by atoms with Crippen LogP contribution in [0.1, 0.15) is 11.7 Å². The number of anilines is 1. The minimum atomic E-state index is -0.679. The third-order valence-corrected chi connectivity index (χ3v) is 2.84. The van der Waals surface area contributed by atoms with Crippen LogP contribution in [0.3, 0.4) is 0 Å². The minimum Gasteiger partial charge on any atom is -0.387 e. The fourth-order valence-electron chi connectivity index (χ4n) is 1.63. The Labute approximate surface area is 110 Å². The van der Waals surface area contributed by atoms with Crippen LogP contribution in [-0.2, 0) is 0 Å². The molecule has 0 aliphatic rings. The summed E-state index contributed by atoms with van der Waals surface area (Å²) < 4.78 is 13.5. The molecule has 2 aromatic rings. The normalized spacial score (nSPS) is 12.2. The lowest BCUT2D eigenvalue weighted by atomic mass is 10.1. The van der Waals surface area contributed by atoms with Gasteiger partial charge < -0.3 is 10.4 Å². The highest BCUT2D eigenvalue weighted by Gasteiger charge is 2.08. The van der Waals surface area contributed by atoms with Crippen molar-refractivity contribution in [3.63, 3.8) is 0 Å². The summed E-state index contributed by atoms with van der Waals surface area (Å²) in [6.45, 7) is 0.239. The van der Waals surface area contributed by atoms with Crippen LogP contribution in [-0.4, -0.2) is 11.7 Å². The number of benzene rings is 2. The molecule has 2 N–H and O–H groups in total. The summed E-state index contributed by atoms with van der Waals surface area (Å²) in [4.78, 5) is 0. The van der Waals surface area contributed by atoms with Crippen molar-refractivity contribution >= 4 is 17.3 Å². The van der Waals surface area contributed by atoms with Crippen molar-refractivity contribution in [2.75, 3.05) is 11.9 Å². The first-order valence-corrected chi connectivity index (χ1v) is 5.96. The van der Waals surface area contributed by atoms with Crippen LogP contribution in [0.15, 0.2) is 48.5 Å². The fourth-order valence-corrected chi connectivity index (χ4v) is 1.79. The highest BCUT2D eigenvalue weighted by Crippen LogP contribution is 2.20. The van der Waals surface area contributed by atoms with Crippen LogP contribution in [0.25, 0.3) is 0 Å². The highest BCUT2D eigenvalue weighted by molar-refractivity contribution is 6.30. The van der Waals surface area contributed by atoms with Crippen LogP contribution in [0, 0.1) is 5.82 Å². The molecule has 0 spiro atoms. The van der Waals surface area contributed by atoms with Crippen molar-refractivity contribution in [2.45, 2.75) is 6.10 Å². The number of halogens is 2.